The molecule has 0 unspecified atom stereocenters. The van der Waals surface area contributed by atoms with Gasteiger partial charge >= 0.3 is 0 Å². The van der Waals surface area contributed by atoms with Crippen molar-refractivity contribution in [1.29, 1.82) is 5.26 Å². The molecule has 1 saturated heterocycles. The zero-order chi connectivity index (χ0) is 13.0. The number of phenols is 1. The first kappa shape index (κ1) is 12.4. The largest absolute Gasteiger partial charge is 0.506 e. The Hall–Kier alpha value is -2.06. The number of anilines is 1. The molecule has 1 amide bonds. The number of phenolic OH excluding ortho intramolecular Hbond substituents is 1. The number of carbonyl (C=O) groups excluding carboxylic acids is 1. The van der Waals surface area contributed by atoms with Crippen LogP contribution in [0.4, 0.5) is 5.69 Å². The smallest absolute Gasteiger partial charge is 0.229 e. The molecule has 0 aromatic heterocycles. The van der Waals surface area contributed by atoms with Gasteiger partial charge in [0, 0.05) is 6.61 Å². The molecule has 0 saturated carbocycles. The highest BCUT2D eigenvalue weighted by Crippen LogP contribution is 2.25. The maximum atomic E-state index is 11.9. The van der Waals surface area contributed by atoms with Crippen LogP contribution in [0.5, 0.6) is 5.75 Å². The van der Waals surface area contributed by atoms with Crippen molar-refractivity contribution in [3.63, 3.8) is 0 Å². The minimum Gasteiger partial charge on any atom is -0.506 e. The van der Waals surface area contributed by atoms with Gasteiger partial charge < -0.3 is 15.2 Å². The van der Waals surface area contributed by atoms with E-state index in [0.717, 1.165) is 12.8 Å². The van der Waals surface area contributed by atoms with Crippen molar-refractivity contribution < 1.29 is 14.6 Å². The molecule has 0 radical (unpaired) electrons. The second kappa shape index (κ2) is 5.52. The predicted molar refractivity (Wildman–Crippen MR) is 65.0 cm³/mol. The number of aromatic hydroxyl groups is 1. The molecular formula is C13H14N2O3. The zero-order valence-corrected chi connectivity index (χ0v) is 9.85. The summed E-state index contributed by atoms with van der Waals surface area (Å²) in [6.45, 7) is 1.10. The topological polar surface area (TPSA) is 82.4 Å². The molecule has 0 bridgehead atoms. The van der Waals surface area contributed by atoms with E-state index in [1.165, 1.54) is 18.2 Å². The molecule has 1 fully saturated rings. The highest BCUT2D eigenvalue weighted by atomic mass is 16.5. The van der Waals surface area contributed by atoms with Gasteiger partial charge in [0.2, 0.25) is 5.91 Å². The number of nitrogens with zero attached hydrogens (tertiary/aromatic N) is 1. The average Bonchev–Trinajstić information content (AvgIpc) is 2.42. The minimum atomic E-state index is -0.191. The Morgan fingerprint density at radius 2 is 2.39 bits per heavy atom. The summed E-state index contributed by atoms with van der Waals surface area (Å²) in [5.41, 5.74) is 0.660. The molecule has 5 heteroatoms. The number of hydrogen-bond acceptors (Lipinski definition) is 4. The van der Waals surface area contributed by atoms with Crippen LogP contribution in [-0.4, -0.2) is 24.2 Å². The summed E-state index contributed by atoms with van der Waals surface area (Å²) >= 11 is 0. The van der Waals surface area contributed by atoms with E-state index >= 15 is 0 Å². The van der Waals surface area contributed by atoms with Gasteiger partial charge in [-0.25, -0.2) is 0 Å². The van der Waals surface area contributed by atoms with E-state index in [0.29, 0.717) is 18.8 Å². The van der Waals surface area contributed by atoms with E-state index in [1.54, 1.807) is 0 Å². The van der Waals surface area contributed by atoms with Crippen LogP contribution in [0.15, 0.2) is 18.2 Å². The molecule has 1 heterocycles. The van der Waals surface area contributed by atoms with E-state index in [9.17, 15) is 9.90 Å². The van der Waals surface area contributed by atoms with Crippen LogP contribution < -0.4 is 5.32 Å². The van der Waals surface area contributed by atoms with E-state index in [2.05, 4.69) is 5.32 Å². The molecule has 94 valence electrons. The van der Waals surface area contributed by atoms with Crippen molar-refractivity contribution in [2.75, 3.05) is 18.5 Å². The van der Waals surface area contributed by atoms with Crippen molar-refractivity contribution in [2.45, 2.75) is 12.8 Å². The molecular weight excluding hydrogens is 232 g/mol. The van der Waals surface area contributed by atoms with Crippen molar-refractivity contribution in [1.82, 2.24) is 0 Å². The lowest BCUT2D eigenvalue weighted by Crippen LogP contribution is -2.30. The van der Waals surface area contributed by atoms with Gasteiger partial charge in [0.25, 0.3) is 0 Å². The van der Waals surface area contributed by atoms with Gasteiger partial charge in [0.15, 0.2) is 0 Å². The minimum absolute atomic E-state index is 0.0425. The van der Waals surface area contributed by atoms with Gasteiger partial charge in [0.1, 0.15) is 5.75 Å². The van der Waals surface area contributed by atoms with Crippen molar-refractivity contribution in [2.24, 2.45) is 5.92 Å². The highest BCUT2D eigenvalue weighted by molar-refractivity contribution is 5.94. The summed E-state index contributed by atoms with van der Waals surface area (Å²) in [6.07, 6.45) is 1.65. The van der Waals surface area contributed by atoms with E-state index < -0.39 is 0 Å². The lowest BCUT2D eigenvalue weighted by molar-refractivity contribution is -0.123. The second-order valence-electron chi connectivity index (χ2n) is 4.25. The zero-order valence-electron chi connectivity index (χ0n) is 9.85. The van der Waals surface area contributed by atoms with E-state index in [1.807, 2.05) is 6.07 Å². The molecule has 1 aliphatic heterocycles. The fourth-order valence-corrected chi connectivity index (χ4v) is 1.89. The van der Waals surface area contributed by atoms with Crippen molar-refractivity contribution in [3.05, 3.63) is 23.8 Å². The quantitative estimate of drug-likeness (QED) is 0.777. The van der Waals surface area contributed by atoms with Gasteiger partial charge in [-0.2, -0.15) is 5.26 Å². The molecule has 0 aliphatic carbocycles. The average molecular weight is 246 g/mol. The molecule has 2 N–H and O–H groups in total. The van der Waals surface area contributed by atoms with Gasteiger partial charge in [-0.3, -0.25) is 4.79 Å². The summed E-state index contributed by atoms with van der Waals surface area (Å²) in [6, 6.07) is 6.30. The van der Waals surface area contributed by atoms with Crippen LogP contribution in [0.3, 0.4) is 0 Å². The molecule has 0 spiro atoms. The van der Waals surface area contributed by atoms with E-state index in [-0.39, 0.29) is 23.3 Å². The Kier molecular flexibility index (Phi) is 3.80. The first-order valence-corrected chi connectivity index (χ1v) is 5.82. The van der Waals surface area contributed by atoms with Crippen molar-refractivity contribution >= 4 is 11.6 Å². The van der Waals surface area contributed by atoms with Crippen LogP contribution >= 0.6 is 0 Å². The maximum absolute atomic E-state index is 11.9. The fraction of sp³-hybridized carbons (Fsp3) is 0.385. The van der Waals surface area contributed by atoms with Crippen LogP contribution in [-0.2, 0) is 9.53 Å². The Morgan fingerprint density at radius 1 is 1.56 bits per heavy atom. The number of ether oxygens (including phenoxy) is 1. The van der Waals surface area contributed by atoms with Crippen LogP contribution in [0.1, 0.15) is 18.4 Å². The standard InChI is InChI=1S/C13H14N2O3/c14-7-9-3-4-12(16)11(6-9)15-13(17)10-2-1-5-18-8-10/h3-4,6,10,16H,1-2,5,8H2,(H,15,17)/t10-/m1/s1. The molecule has 1 aromatic rings. The Balaban J connectivity index is 2.08. The van der Waals surface area contributed by atoms with Gasteiger partial charge in [-0.15, -0.1) is 0 Å². The lowest BCUT2D eigenvalue weighted by atomic mass is 10.0. The fourth-order valence-electron chi connectivity index (χ4n) is 1.89. The molecule has 1 atom stereocenters. The molecule has 1 aliphatic rings. The molecule has 2 rings (SSSR count). The third kappa shape index (κ3) is 2.79. The number of nitrogens with one attached hydrogen (secondary N) is 1. The number of benzene rings is 1. The molecule has 18 heavy (non-hydrogen) atoms. The lowest BCUT2D eigenvalue weighted by Gasteiger charge is -2.21. The summed E-state index contributed by atoms with van der Waals surface area (Å²) in [7, 11) is 0. The number of amides is 1. The first-order chi connectivity index (χ1) is 8.70. The Morgan fingerprint density at radius 3 is 3.06 bits per heavy atom. The van der Waals surface area contributed by atoms with Crippen LogP contribution in [0.2, 0.25) is 0 Å². The highest BCUT2D eigenvalue weighted by Gasteiger charge is 2.22. The van der Waals surface area contributed by atoms with Crippen LogP contribution in [0.25, 0.3) is 0 Å². The number of carbonyl (C=O) groups is 1. The maximum Gasteiger partial charge on any atom is 0.229 e. The predicted octanol–water partition coefficient (Wildman–Crippen LogP) is 1.63. The molecule has 1 aromatic carbocycles. The first-order valence-electron chi connectivity index (χ1n) is 5.82. The number of hydrogen-bond donors (Lipinski definition) is 2. The number of nitriles is 1. The summed E-state index contributed by atoms with van der Waals surface area (Å²) in [5, 5.41) is 21.0. The van der Waals surface area contributed by atoms with Crippen LogP contribution in [0, 0.1) is 17.2 Å². The third-order valence-electron chi connectivity index (χ3n) is 2.91. The second-order valence-corrected chi connectivity index (χ2v) is 4.25. The summed E-state index contributed by atoms with van der Waals surface area (Å²) in [4.78, 5) is 11.9. The Labute approximate surface area is 105 Å². The Bertz CT molecular complexity index is 487. The summed E-state index contributed by atoms with van der Waals surface area (Å²) in [5.74, 6) is -0.414. The van der Waals surface area contributed by atoms with Crippen molar-refractivity contribution in [3.8, 4) is 11.8 Å². The van der Waals surface area contributed by atoms with Gasteiger partial charge in [0.05, 0.1) is 29.8 Å². The number of rotatable bonds is 2. The monoisotopic (exact) mass is 246 g/mol. The van der Waals surface area contributed by atoms with E-state index in [4.69, 9.17) is 10.00 Å². The normalized spacial score (nSPS) is 18.9. The van der Waals surface area contributed by atoms with Gasteiger partial charge in [-0.1, -0.05) is 0 Å². The van der Waals surface area contributed by atoms with Gasteiger partial charge in [-0.05, 0) is 31.0 Å². The summed E-state index contributed by atoms with van der Waals surface area (Å²) < 4.78 is 5.24. The third-order valence-corrected chi connectivity index (χ3v) is 2.91. The molecule has 5 nitrogen and oxygen atoms in total. The SMILES string of the molecule is N#Cc1ccc(O)c(NC(=O)[C@@H]2CCCOC2)c1.